The van der Waals surface area contributed by atoms with Gasteiger partial charge in [-0.05, 0) is 58.7 Å². The number of rotatable bonds is 1. The summed E-state index contributed by atoms with van der Waals surface area (Å²) in [6, 6.07) is 3.07. The van der Waals surface area contributed by atoms with Gasteiger partial charge in [-0.15, -0.1) is 0 Å². The predicted molar refractivity (Wildman–Crippen MR) is 73.4 cm³/mol. The minimum Gasteiger partial charge on any atom is -0.507 e. The van der Waals surface area contributed by atoms with E-state index >= 15 is 0 Å². The first-order valence-corrected chi connectivity index (χ1v) is 6.45. The first-order chi connectivity index (χ1) is 7.69. The van der Waals surface area contributed by atoms with E-state index in [2.05, 4.69) is 37.2 Å². The van der Waals surface area contributed by atoms with E-state index in [0.29, 0.717) is 14.6 Å². The fourth-order valence-electron chi connectivity index (χ4n) is 1.05. The number of hydrogen-bond acceptors (Lipinski definition) is 3. The van der Waals surface area contributed by atoms with Gasteiger partial charge in [-0.3, -0.25) is 5.32 Å². The molecule has 0 aliphatic carbocycles. The summed E-state index contributed by atoms with van der Waals surface area (Å²) in [5.41, 5.74) is -0.117. The number of amides is 1. The third kappa shape index (κ3) is 4.55. The van der Waals surface area contributed by atoms with E-state index in [9.17, 15) is 9.90 Å². The molecule has 17 heavy (non-hydrogen) atoms. The van der Waals surface area contributed by atoms with Gasteiger partial charge in [0.25, 0.3) is 0 Å². The molecule has 94 valence electrons. The molecule has 0 fully saturated rings. The van der Waals surface area contributed by atoms with Crippen LogP contribution in [0.2, 0.25) is 0 Å². The Morgan fingerprint density at radius 1 is 1.29 bits per heavy atom. The van der Waals surface area contributed by atoms with Gasteiger partial charge in [-0.1, -0.05) is 0 Å². The van der Waals surface area contributed by atoms with Crippen LogP contribution in [0.25, 0.3) is 0 Å². The standard InChI is InChI=1S/C11H13Br2NO3/c1-11(2,3)17-10(16)14-8-5-9(15)7(13)4-6(8)12/h4-5,15H,1-3H3,(H,14,16). The van der Waals surface area contributed by atoms with Gasteiger partial charge < -0.3 is 9.84 Å². The lowest BCUT2D eigenvalue weighted by Gasteiger charge is -2.20. The molecule has 2 N–H and O–H groups in total. The predicted octanol–water partition coefficient (Wildman–Crippen LogP) is 4.26. The molecule has 1 amide bonds. The first-order valence-electron chi connectivity index (χ1n) is 4.87. The molecule has 1 rings (SSSR count). The van der Waals surface area contributed by atoms with Crippen LogP contribution in [-0.2, 0) is 4.74 Å². The zero-order chi connectivity index (χ0) is 13.2. The Bertz CT molecular complexity index is 441. The summed E-state index contributed by atoms with van der Waals surface area (Å²) in [7, 11) is 0. The van der Waals surface area contributed by atoms with Crippen molar-refractivity contribution < 1.29 is 14.6 Å². The maximum atomic E-state index is 11.5. The number of ether oxygens (including phenoxy) is 1. The van der Waals surface area contributed by atoms with E-state index in [1.165, 1.54) is 6.07 Å². The van der Waals surface area contributed by atoms with Gasteiger partial charge in [0, 0.05) is 10.5 Å². The number of anilines is 1. The van der Waals surface area contributed by atoms with Crippen molar-refractivity contribution in [3.8, 4) is 5.75 Å². The second-order valence-electron chi connectivity index (χ2n) is 4.41. The molecule has 0 bridgehead atoms. The highest BCUT2D eigenvalue weighted by atomic mass is 79.9. The second kappa shape index (κ2) is 5.27. The van der Waals surface area contributed by atoms with Gasteiger partial charge in [-0.2, -0.15) is 0 Å². The van der Waals surface area contributed by atoms with Crippen molar-refractivity contribution >= 4 is 43.6 Å². The van der Waals surface area contributed by atoms with Crippen molar-refractivity contribution in [1.29, 1.82) is 0 Å². The topological polar surface area (TPSA) is 58.6 Å². The van der Waals surface area contributed by atoms with Crippen molar-refractivity contribution in [3.63, 3.8) is 0 Å². The fraction of sp³-hybridized carbons (Fsp3) is 0.364. The third-order valence-electron chi connectivity index (χ3n) is 1.67. The molecule has 0 unspecified atom stereocenters. The summed E-state index contributed by atoms with van der Waals surface area (Å²) in [5.74, 6) is 0.0410. The molecule has 0 radical (unpaired) electrons. The number of phenolic OH excluding ortho intramolecular Hbond substituents is 1. The normalized spacial score (nSPS) is 11.1. The summed E-state index contributed by atoms with van der Waals surface area (Å²) < 4.78 is 6.29. The summed E-state index contributed by atoms with van der Waals surface area (Å²) in [6.07, 6.45) is -0.570. The summed E-state index contributed by atoms with van der Waals surface area (Å²) >= 11 is 6.45. The van der Waals surface area contributed by atoms with Crippen LogP contribution in [0.4, 0.5) is 10.5 Å². The minimum atomic E-state index is -0.570. The van der Waals surface area contributed by atoms with Crippen LogP contribution in [-0.4, -0.2) is 16.8 Å². The van der Waals surface area contributed by atoms with Crippen LogP contribution in [0.5, 0.6) is 5.75 Å². The molecule has 4 nitrogen and oxygen atoms in total. The number of nitrogens with one attached hydrogen (secondary N) is 1. The Balaban J connectivity index is 2.82. The van der Waals surface area contributed by atoms with Crippen LogP contribution >= 0.6 is 31.9 Å². The number of hydrogen-bond donors (Lipinski definition) is 2. The average molecular weight is 367 g/mol. The number of aromatic hydroxyl groups is 1. The maximum Gasteiger partial charge on any atom is 0.412 e. The van der Waals surface area contributed by atoms with Crippen LogP contribution in [0, 0.1) is 0 Å². The lowest BCUT2D eigenvalue weighted by atomic mass is 10.2. The van der Waals surface area contributed by atoms with Crippen molar-refractivity contribution in [1.82, 2.24) is 0 Å². The van der Waals surface area contributed by atoms with Gasteiger partial charge in [0.1, 0.15) is 11.4 Å². The molecule has 6 heteroatoms. The molecule has 0 atom stereocenters. The van der Waals surface area contributed by atoms with Gasteiger partial charge in [-0.25, -0.2) is 4.79 Å². The van der Waals surface area contributed by atoms with E-state index in [4.69, 9.17) is 4.74 Å². The minimum absolute atomic E-state index is 0.0410. The molecule has 0 heterocycles. The SMILES string of the molecule is CC(C)(C)OC(=O)Nc1cc(O)c(Br)cc1Br. The Morgan fingerprint density at radius 3 is 2.41 bits per heavy atom. The molecule has 0 aromatic heterocycles. The van der Waals surface area contributed by atoms with Gasteiger partial charge >= 0.3 is 6.09 Å². The van der Waals surface area contributed by atoms with E-state index in [0.717, 1.165) is 0 Å². The Kier molecular flexibility index (Phi) is 4.43. The molecule has 0 aliphatic heterocycles. The Labute approximate surface area is 117 Å². The number of phenols is 1. The Morgan fingerprint density at radius 2 is 1.88 bits per heavy atom. The summed E-state index contributed by atoms with van der Waals surface area (Å²) in [6.45, 7) is 5.34. The quantitative estimate of drug-likeness (QED) is 0.780. The fourth-order valence-corrected chi connectivity index (χ4v) is 2.14. The van der Waals surface area contributed by atoms with Crippen molar-refractivity contribution in [3.05, 3.63) is 21.1 Å². The van der Waals surface area contributed by atoms with E-state index in [1.54, 1.807) is 26.8 Å². The number of carbonyl (C=O) groups is 1. The van der Waals surface area contributed by atoms with Gasteiger partial charge in [0.15, 0.2) is 0 Å². The summed E-state index contributed by atoms with van der Waals surface area (Å²) in [5, 5.41) is 12.1. The summed E-state index contributed by atoms with van der Waals surface area (Å²) in [4.78, 5) is 11.5. The molecule has 0 saturated carbocycles. The highest BCUT2D eigenvalue weighted by Gasteiger charge is 2.17. The highest BCUT2D eigenvalue weighted by Crippen LogP contribution is 2.33. The molecule has 0 spiro atoms. The lowest BCUT2D eigenvalue weighted by molar-refractivity contribution is 0.0636. The highest BCUT2D eigenvalue weighted by molar-refractivity contribution is 9.11. The largest absolute Gasteiger partial charge is 0.507 e. The van der Waals surface area contributed by atoms with Crippen LogP contribution in [0.1, 0.15) is 20.8 Å². The smallest absolute Gasteiger partial charge is 0.412 e. The van der Waals surface area contributed by atoms with Crippen LogP contribution in [0.3, 0.4) is 0 Å². The van der Waals surface area contributed by atoms with Gasteiger partial charge in [0.2, 0.25) is 0 Å². The Hall–Kier alpha value is -0.750. The third-order valence-corrected chi connectivity index (χ3v) is 2.96. The lowest BCUT2D eigenvalue weighted by Crippen LogP contribution is -2.27. The molecular formula is C11H13Br2NO3. The van der Waals surface area contributed by atoms with Crippen molar-refractivity contribution in [2.45, 2.75) is 26.4 Å². The van der Waals surface area contributed by atoms with E-state index < -0.39 is 11.7 Å². The monoisotopic (exact) mass is 365 g/mol. The van der Waals surface area contributed by atoms with Crippen LogP contribution in [0.15, 0.2) is 21.1 Å². The molecule has 0 saturated heterocycles. The zero-order valence-electron chi connectivity index (χ0n) is 9.67. The maximum absolute atomic E-state index is 11.5. The number of halogens is 2. The van der Waals surface area contributed by atoms with Crippen molar-refractivity contribution in [2.75, 3.05) is 5.32 Å². The molecule has 1 aromatic rings. The van der Waals surface area contributed by atoms with E-state index in [1.807, 2.05) is 0 Å². The van der Waals surface area contributed by atoms with Crippen LogP contribution < -0.4 is 5.32 Å². The zero-order valence-corrected chi connectivity index (χ0v) is 12.8. The number of carbonyl (C=O) groups excluding carboxylic acids is 1. The molecule has 0 aliphatic rings. The molecule has 1 aromatic carbocycles. The second-order valence-corrected chi connectivity index (χ2v) is 6.12. The van der Waals surface area contributed by atoms with Gasteiger partial charge in [0.05, 0.1) is 10.2 Å². The number of benzene rings is 1. The van der Waals surface area contributed by atoms with E-state index in [-0.39, 0.29) is 5.75 Å². The first kappa shape index (κ1) is 14.3. The molecular weight excluding hydrogens is 354 g/mol. The average Bonchev–Trinajstić information content (AvgIpc) is 2.11. The van der Waals surface area contributed by atoms with Crippen molar-refractivity contribution in [2.24, 2.45) is 0 Å².